The van der Waals surface area contributed by atoms with Crippen LogP contribution in [0.5, 0.6) is 0 Å². The summed E-state index contributed by atoms with van der Waals surface area (Å²) in [4.78, 5) is 12.7. The molecule has 156 valence electrons. The van der Waals surface area contributed by atoms with Gasteiger partial charge < -0.3 is 5.32 Å². The second-order valence-corrected chi connectivity index (χ2v) is 8.77. The van der Waals surface area contributed by atoms with Gasteiger partial charge in [-0.15, -0.1) is 0 Å². The van der Waals surface area contributed by atoms with E-state index in [4.69, 9.17) is 0 Å². The number of carbonyl (C=O) groups is 1. The molecule has 0 fully saturated rings. The summed E-state index contributed by atoms with van der Waals surface area (Å²) in [6, 6.07) is 19.2. The number of halogens is 1. The molecular formula is C23H23FN2O3S. The fourth-order valence-electron chi connectivity index (χ4n) is 3.00. The molecule has 2 N–H and O–H groups in total. The number of hydrogen-bond acceptors (Lipinski definition) is 3. The molecule has 0 aromatic heterocycles. The Bertz CT molecular complexity index is 1130. The lowest BCUT2D eigenvalue weighted by molar-refractivity contribution is 0.0939. The van der Waals surface area contributed by atoms with E-state index in [0.717, 1.165) is 11.1 Å². The lowest BCUT2D eigenvalue weighted by Gasteiger charge is -2.16. The minimum Gasteiger partial charge on any atom is -0.346 e. The van der Waals surface area contributed by atoms with Crippen molar-refractivity contribution < 1.29 is 17.6 Å². The summed E-state index contributed by atoms with van der Waals surface area (Å²) in [5.74, 6) is -0.764. The zero-order valence-electron chi connectivity index (χ0n) is 16.7. The van der Waals surface area contributed by atoms with Gasteiger partial charge >= 0.3 is 0 Å². The molecule has 0 heterocycles. The van der Waals surface area contributed by atoms with Gasteiger partial charge in [0.1, 0.15) is 5.82 Å². The summed E-state index contributed by atoms with van der Waals surface area (Å²) in [5.41, 5.74) is 2.35. The maximum absolute atomic E-state index is 13.1. The van der Waals surface area contributed by atoms with Crippen LogP contribution in [-0.4, -0.2) is 14.3 Å². The van der Waals surface area contributed by atoms with Crippen LogP contribution < -0.4 is 10.0 Å². The van der Waals surface area contributed by atoms with Crippen molar-refractivity contribution in [2.45, 2.75) is 31.3 Å². The standard InChI is InChI=1S/C23H23FN2O3S/c1-16-8-9-20(23(27)26-17(2)19-10-12-21(24)13-11-19)14-22(16)30(28,29)25-15-18-6-4-3-5-7-18/h3-14,17,25H,15H2,1-2H3,(H,26,27). The summed E-state index contributed by atoms with van der Waals surface area (Å²) in [6.45, 7) is 3.61. The number of benzene rings is 3. The Morgan fingerprint density at radius 2 is 1.67 bits per heavy atom. The molecule has 3 rings (SSSR count). The van der Waals surface area contributed by atoms with Gasteiger partial charge in [0.05, 0.1) is 10.9 Å². The number of rotatable bonds is 7. The Morgan fingerprint density at radius 3 is 2.33 bits per heavy atom. The second kappa shape index (κ2) is 9.19. The summed E-state index contributed by atoms with van der Waals surface area (Å²) in [5, 5.41) is 2.81. The highest BCUT2D eigenvalue weighted by atomic mass is 32.2. The molecule has 5 nitrogen and oxygen atoms in total. The van der Waals surface area contributed by atoms with E-state index in [9.17, 15) is 17.6 Å². The zero-order valence-corrected chi connectivity index (χ0v) is 17.5. The lowest BCUT2D eigenvalue weighted by Crippen LogP contribution is -2.28. The first-order valence-corrected chi connectivity index (χ1v) is 10.9. The topological polar surface area (TPSA) is 75.3 Å². The molecule has 0 aliphatic heterocycles. The molecule has 0 bridgehead atoms. The van der Waals surface area contributed by atoms with Gasteiger partial charge in [0, 0.05) is 12.1 Å². The Labute approximate surface area is 176 Å². The number of sulfonamides is 1. The molecule has 0 aliphatic rings. The highest BCUT2D eigenvalue weighted by Crippen LogP contribution is 2.19. The molecule has 3 aromatic carbocycles. The molecule has 0 aliphatic carbocycles. The van der Waals surface area contributed by atoms with Crippen LogP contribution in [0.3, 0.4) is 0 Å². The SMILES string of the molecule is Cc1ccc(C(=O)NC(C)c2ccc(F)cc2)cc1S(=O)(=O)NCc1ccccc1. The average Bonchev–Trinajstić information content (AvgIpc) is 2.73. The molecule has 1 atom stereocenters. The molecule has 0 radical (unpaired) electrons. The monoisotopic (exact) mass is 426 g/mol. The molecule has 3 aromatic rings. The first-order chi connectivity index (χ1) is 14.3. The Hall–Kier alpha value is -3.03. The van der Waals surface area contributed by atoms with Crippen LogP contribution in [0.25, 0.3) is 0 Å². The van der Waals surface area contributed by atoms with Gasteiger partial charge in [-0.2, -0.15) is 0 Å². The number of amides is 1. The van der Waals surface area contributed by atoms with E-state index < -0.39 is 15.9 Å². The van der Waals surface area contributed by atoms with Gasteiger partial charge in [-0.05, 0) is 54.8 Å². The predicted octanol–water partition coefficient (Wildman–Crippen LogP) is 4.10. The zero-order chi connectivity index (χ0) is 21.7. The number of nitrogens with one attached hydrogen (secondary N) is 2. The van der Waals surface area contributed by atoms with Gasteiger partial charge in [-0.3, -0.25) is 4.79 Å². The highest BCUT2D eigenvalue weighted by molar-refractivity contribution is 7.89. The lowest BCUT2D eigenvalue weighted by atomic mass is 10.1. The van der Waals surface area contributed by atoms with Crippen molar-refractivity contribution in [1.82, 2.24) is 10.0 Å². The van der Waals surface area contributed by atoms with Crippen LogP contribution in [0.15, 0.2) is 77.7 Å². The van der Waals surface area contributed by atoms with E-state index in [2.05, 4.69) is 10.0 Å². The van der Waals surface area contributed by atoms with Crippen LogP contribution in [0.2, 0.25) is 0 Å². The maximum atomic E-state index is 13.1. The third-order valence-corrected chi connectivity index (χ3v) is 6.31. The van der Waals surface area contributed by atoms with Crippen LogP contribution >= 0.6 is 0 Å². The molecule has 1 unspecified atom stereocenters. The Balaban J connectivity index is 1.76. The third kappa shape index (κ3) is 5.31. The van der Waals surface area contributed by atoms with E-state index >= 15 is 0 Å². The minimum atomic E-state index is -3.80. The van der Waals surface area contributed by atoms with Crippen LogP contribution in [0.4, 0.5) is 4.39 Å². The summed E-state index contributed by atoms with van der Waals surface area (Å²) < 4.78 is 41.3. The first-order valence-electron chi connectivity index (χ1n) is 9.47. The third-order valence-electron chi connectivity index (χ3n) is 4.77. The molecular weight excluding hydrogens is 403 g/mol. The predicted molar refractivity (Wildman–Crippen MR) is 114 cm³/mol. The van der Waals surface area contributed by atoms with Crippen molar-refractivity contribution in [2.24, 2.45) is 0 Å². The Morgan fingerprint density at radius 1 is 1.00 bits per heavy atom. The molecule has 1 amide bonds. The van der Waals surface area contributed by atoms with Crippen LogP contribution in [-0.2, 0) is 16.6 Å². The normalized spacial score (nSPS) is 12.4. The summed E-state index contributed by atoms with van der Waals surface area (Å²) in [7, 11) is -3.80. The molecule has 30 heavy (non-hydrogen) atoms. The van der Waals surface area contributed by atoms with Gasteiger partial charge in [-0.25, -0.2) is 17.5 Å². The number of carbonyl (C=O) groups excluding carboxylic acids is 1. The smallest absolute Gasteiger partial charge is 0.251 e. The van der Waals surface area contributed by atoms with Crippen LogP contribution in [0.1, 0.15) is 40.0 Å². The summed E-state index contributed by atoms with van der Waals surface area (Å²) >= 11 is 0. The minimum absolute atomic E-state index is 0.0560. The van der Waals surface area contributed by atoms with Crippen molar-refractivity contribution in [3.05, 3.63) is 101 Å². The Kier molecular flexibility index (Phi) is 6.64. The van der Waals surface area contributed by atoms with Crippen molar-refractivity contribution >= 4 is 15.9 Å². The van der Waals surface area contributed by atoms with Crippen molar-refractivity contribution in [3.8, 4) is 0 Å². The fraction of sp³-hybridized carbons (Fsp3) is 0.174. The van der Waals surface area contributed by atoms with E-state index in [0.29, 0.717) is 5.56 Å². The average molecular weight is 427 g/mol. The van der Waals surface area contributed by atoms with E-state index in [1.807, 2.05) is 30.3 Å². The number of aryl methyl sites for hydroxylation is 1. The highest BCUT2D eigenvalue weighted by Gasteiger charge is 2.20. The summed E-state index contributed by atoms with van der Waals surface area (Å²) in [6.07, 6.45) is 0. The van der Waals surface area contributed by atoms with Crippen molar-refractivity contribution in [3.63, 3.8) is 0 Å². The van der Waals surface area contributed by atoms with E-state index in [-0.39, 0.29) is 28.9 Å². The number of hydrogen-bond donors (Lipinski definition) is 2. The second-order valence-electron chi connectivity index (χ2n) is 7.04. The fourth-order valence-corrected chi connectivity index (χ4v) is 4.28. The molecule has 7 heteroatoms. The maximum Gasteiger partial charge on any atom is 0.251 e. The van der Waals surface area contributed by atoms with Crippen LogP contribution in [0, 0.1) is 12.7 Å². The molecule has 0 saturated heterocycles. The van der Waals surface area contributed by atoms with Gasteiger partial charge in [-0.1, -0.05) is 48.5 Å². The van der Waals surface area contributed by atoms with Gasteiger partial charge in [0.2, 0.25) is 10.0 Å². The molecule has 0 spiro atoms. The van der Waals surface area contributed by atoms with Crippen molar-refractivity contribution in [1.29, 1.82) is 0 Å². The molecule has 0 saturated carbocycles. The van der Waals surface area contributed by atoms with E-state index in [1.165, 1.54) is 18.2 Å². The van der Waals surface area contributed by atoms with Gasteiger partial charge in [0.15, 0.2) is 0 Å². The van der Waals surface area contributed by atoms with E-state index in [1.54, 1.807) is 38.1 Å². The van der Waals surface area contributed by atoms with Gasteiger partial charge in [0.25, 0.3) is 5.91 Å². The largest absolute Gasteiger partial charge is 0.346 e. The first kappa shape index (κ1) is 21.7. The van der Waals surface area contributed by atoms with Crippen molar-refractivity contribution in [2.75, 3.05) is 0 Å². The quantitative estimate of drug-likeness (QED) is 0.597.